The summed E-state index contributed by atoms with van der Waals surface area (Å²) in [6, 6.07) is 8.06. The molecule has 1 heterocycles. The number of carbonyl (C=O) groups is 1. The second kappa shape index (κ2) is 4.03. The molecule has 3 heteroatoms. The maximum atomic E-state index is 11.8. The number of nitrogens with two attached hydrogens (primary N) is 1. The molecule has 2 rings (SSSR count). The van der Waals surface area contributed by atoms with Gasteiger partial charge in [0, 0.05) is 24.7 Å². The molecule has 1 amide bonds. The number of benzene rings is 1. The van der Waals surface area contributed by atoms with Gasteiger partial charge in [-0.2, -0.15) is 0 Å². The zero-order valence-electron chi connectivity index (χ0n) is 8.94. The van der Waals surface area contributed by atoms with Gasteiger partial charge in [0.05, 0.1) is 0 Å². The van der Waals surface area contributed by atoms with Crippen molar-refractivity contribution in [1.29, 1.82) is 0 Å². The van der Waals surface area contributed by atoms with Crippen molar-refractivity contribution in [2.24, 2.45) is 5.73 Å². The van der Waals surface area contributed by atoms with Crippen LogP contribution in [0.2, 0.25) is 0 Å². The molecule has 0 unspecified atom stereocenters. The number of rotatable bonds is 2. The monoisotopic (exact) mass is 204 g/mol. The minimum Gasteiger partial charge on any atom is -0.326 e. The number of amides is 1. The molecule has 0 saturated heterocycles. The topological polar surface area (TPSA) is 46.3 Å². The minimum absolute atomic E-state index is 0.0140. The van der Waals surface area contributed by atoms with E-state index in [0.717, 1.165) is 12.1 Å². The molecule has 80 valence electrons. The zero-order valence-corrected chi connectivity index (χ0v) is 8.94. The van der Waals surface area contributed by atoms with Crippen LogP contribution >= 0.6 is 0 Å². The second-order valence-electron chi connectivity index (χ2n) is 4.11. The van der Waals surface area contributed by atoms with E-state index < -0.39 is 0 Å². The fraction of sp³-hybridized carbons (Fsp3) is 0.417. The maximum Gasteiger partial charge on any atom is 0.227 e. The largest absolute Gasteiger partial charge is 0.326 e. The summed E-state index contributed by atoms with van der Waals surface area (Å²) in [6.45, 7) is 2.53. The van der Waals surface area contributed by atoms with Crippen LogP contribution in [0, 0.1) is 0 Å². The molecule has 0 bridgehead atoms. The highest BCUT2D eigenvalue weighted by molar-refractivity contribution is 5.96. The molecule has 3 nitrogen and oxygen atoms in total. The van der Waals surface area contributed by atoms with Gasteiger partial charge in [-0.15, -0.1) is 0 Å². The first kappa shape index (κ1) is 10.2. The molecule has 0 spiro atoms. The van der Waals surface area contributed by atoms with Gasteiger partial charge < -0.3 is 10.6 Å². The summed E-state index contributed by atoms with van der Waals surface area (Å²) in [7, 11) is 0. The summed E-state index contributed by atoms with van der Waals surface area (Å²) in [6.07, 6.45) is 1.45. The summed E-state index contributed by atoms with van der Waals surface area (Å²) in [5.74, 6) is 0.186. The first-order valence-electron chi connectivity index (χ1n) is 5.32. The first-order chi connectivity index (χ1) is 7.18. The van der Waals surface area contributed by atoms with Crippen molar-refractivity contribution in [2.45, 2.75) is 25.8 Å². The SMILES string of the molecule is C[C@@H](N)CN1C(=O)CCc2ccccc21. The number of anilines is 1. The highest BCUT2D eigenvalue weighted by Gasteiger charge is 2.23. The fourth-order valence-corrected chi connectivity index (χ4v) is 1.98. The summed E-state index contributed by atoms with van der Waals surface area (Å²) in [5, 5.41) is 0. The van der Waals surface area contributed by atoms with E-state index in [4.69, 9.17) is 5.73 Å². The molecule has 0 aromatic heterocycles. The van der Waals surface area contributed by atoms with E-state index in [1.807, 2.05) is 30.0 Å². The standard InChI is InChI=1S/C12H16N2O/c1-9(13)8-14-11-5-3-2-4-10(11)6-7-12(14)15/h2-5,9H,6-8,13H2,1H3/t9-/m1/s1. The summed E-state index contributed by atoms with van der Waals surface area (Å²) in [4.78, 5) is 13.6. The third-order valence-electron chi connectivity index (χ3n) is 2.66. The molecule has 0 aliphatic carbocycles. The molecule has 0 radical (unpaired) electrons. The summed E-state index contributed by atoms with van der Waals surface area (Å²) < 4.78 is 0. The van der Waals surface area contributed by atoms with E-state index >= 15 is 0 Å². The van der Waals surface area contributed by atoms with Crippen molar-refractivity contribution in [3.8, 4) is 0 Å². The third kappa shape index (κ3) is 2.02. The Morgan fingerprint density at radius 3 is 2.87 bits per heavy atom. The maximum absolute atomic E-state index is 11.8. The number of hydrogen-bond donors (Lipinski definition) is 1. The first-order valence-corrected chi connectivity index (χ1v) is 5.32. The highest BCUT2D eigenvalue weighted by Crippen LogP contribution is 2.27. The van der Waals surface area contributed by atoms with E-state index in [9.17, 15) is 4.79 Å². The van der Waals surface area contributed by atoms with Gasteiger partial charge in [-0.1, -0.05) is 18.2 Å². The number of aryl methyl sites for hydroxylation is 1. The summed E-state index contributed by atoms with van der Waals surface area (Å²) in [5.41, 5.74) is 8.03. The lowest BCUT2D eigenvalue weighted by atomic mass is 10.0. The molecule has 1 aromatic carbocycles. The Balaban J connectivity index is 2.33. The van der Waals surface area contributed by atoms with Crippen LogP contribution in [0.25, 0.3) is 0 Å². The number of nitrogens with zero attached hydrogens (tertiary/aromatic N) is 1. The second-order valence-corrected chi connectivity index (χ2v) is 4.11. The Morgan fingerprint density at radius 2 is 2.13 bits per heavy atom. The van der Waals surface area contributed by atoms with Crippen molar-refractivity contribution in [3.63, 3.8) is 0 Å². The number of para-hydroxylation sites is 1. The van der Waals surface area contributed by atoms with E-state index in [0.29, 0.717) is 13.0 Å². The highest BCUT2D eigenvalue weighted by atomic mass is 16.2. The molecular formula is C12H16N2O. The molecule has 0 fully saturated rings. The molecule has 1 aliphatic rings. The van der Waals surface area contributed by atoms with Crippen LogP contribution in [0.4, 0.5) is 5.69 Å². The van der Waals surface area contributed by atoms with Crippen molar-refractivity contribution in [3.05, 3.63) is 29.8 Å². The Bertz CT molecular complexity index is 374. The zero-order chi connectivity index (χ0) is 10.8. The number of hydrogen-bond acceptors (Lipinski definition) is 2. The number of carbonyl (C=O) groups excluding carboxylic acids is 1. The van der Waals surface area contributed by atoms with E-state index in [2.05, 4.69) is 6.07 Å². The minimum atomic E-state index is 0.0140. The third-order valence-corrected chi connectivity index (χ3v) is 2.66. The smallest absolute Gasteiger partial charge is 0.227 e. The molecule has 1 aromatic rings. The van der Waals surface area contributed by atoms with Gasteiger partial charge in [-0.3, -0.25) is 4.79 Å². The Kier molecular flexibility index (Phi) is 2.73. The van der Waals surface area contributed by atoms with Gasteiger partial charge in [0.15, 0.2) is 0 Å². The lowest BCUT2D eigenvalue weighted by molar-refractivity contribution is -0.118. The Labute approximate surface area is 89.9 Å². The van der Waals surface area contributed by atoms with Crippen LogP contribution in [-0.4, -0.2) is 18.5 Å². The molecule has 2 N–H and O–H groups in total. The quantitative estimate of drug-likeness (QED) is 0.789. The van der Waals surface area contributed by atoms with Gasteiger partial charge in [-0.25, -0.2) is 0 Å². The van der Waals surface area contributed by atoms with Crippen LogP contribution in [0.5, 0.6) is 0 Å². The average molecular weight is 204 g/mol. The predicted molar refractivity (Wildman–Crippen MR) is 60.8 cm³/mol. The van der Waals surface area contributed by atoms with E-state index in [1.165, 1.54) is 5.56 Å². The molecule has 1 atom stereocenters. The molecule has 0 saturated carbocycles. The van der Waals surface area contributed by atoms with Gasteiger partial charge in [0.25, 0.3) is 0 Å². The lowest BCUT2D eigenvalue weighted by Crippen LogP contribution is -2.42. The Hall–Kier alpha value is -1.35. The van der Waals surface area contributed by atoms with Gasteiger partial charge in [0.2, 0.25) is 5.91 Å². The lowest BCUT2D eigenvalue weighted by Gasteiger charge is -2.30. The fourth-order valence-electron chi connectivity index (χ4n) is 1.98. The van der Waals surface area contributed by atoms with Crippen LogP contribution in [0.3, 0.4) is 0 Å². The molecule has 1 aliphatic heterocycles. The average Bonchev–Trinajstić information content (AvgIpc) is 2.22. The molecule has 15 heavy (non-hydrogen) atoms. The summed E-state index contributed by atoms with van der Waals surface area (Å²) >= 11 is 0. The van der Waals surface area contributed by atoms with Gasteiger partial charge in [0.1, 0.15) is 0 Å². The van der Waals surface area contributed by atoms with Crippen LogP contribution in [-0.2, 0) is 11.2 Å². The Morgan fingerprint density at radius 1 is 1.40 bits per heavy atom. The van der Waals surface area contributed by atoms with Gasteiger partial charge in [-0.05, 0) is 25.0 Å². The van der Waals surface area contributed by atoms with E-state index in [1.54, 1.807) is 0 Å². The normalized spacial score (nSPS) is 17.5. The van der Waals surface area contributed by atoms with Crippen molar-refractivity contribution in [2.75, 3.05) is 11.4 Å². The van der Waals surface area contributed by atoms with E-state index in [-0.39, 0.29) is 11.9 Å². The predicted octanol–water partition coefficient (Wildman–Crippen LogP) is 1.31. The van der Waals surface area contributed by atoms with Crippen LogP contribution in [0.15, 0.2) is 24.3 Å². The van der Waals surface area contributed by atoms with Gasteiger partial charge >= 0.3 is 0 Å². The van der Waals surface area contributed by atoms with Crippen molar-refractivity contribution >= 4 is 11.6 Å². The van der Waals surface area contributed by atoms with Crippen molar-refractivity contribution < 1.29 is 4.79 Å². The molecular weight excluding hydrogens is 188 g/mol. The van der Waals surface area contributed by atoms with Crippen LogP contribution < -0.4 is 10.6 Å². The van der Waals surface area contributed by atoms with Crippen molar-refractivity contribution in [1.82, 2.24) is 0 Å². The number of fused-ring (bicyclic) bond motifs is 1. The van der Waals surface area contributed by atoms with Crippen LogP contribution in [0.1, 0.15) is 18.9 Å².